The van der Waals surface area contributed by atoms with Crippen molar-refractivity contribution in [2.24, 2.45) is 11.8 Å². The molecule has 0 spiro atoms. The van der Waals surface area contributed by atoms with E-state index in [0.29, 0.717) is 11.8 Å². The molecule has 0 fully saturated rings. The number of hydrogen-bond acceptors (Lipinski definition) is 2. The molecule has 1 atom stereocenters. The largest absolute Gasteiger partial charge is 0.378 e. The first-order chi connectivity index (χ1) is 9.05. The van der Waals surface area contributed by atoms with Gasteiger partial charge in [-0.1, -0.05) is 77.8 Å². The van der Waals surface area contributed by atoms with Crippen LogP contribution in [-0.4, -0.2) is 35.0 Å². The third kappa shape index (κ3) is 6.17. The van der Waals surface area contributed by atoms with Crippen LogP contribution >= 0.6 is 24.4 Å². The zero-order valence-corrected chi connectivity index (χ0v) is 14.7. The van der Waals surface area contributed by atoms with Crippen molar-refractivity contribution in [1.82, 2.24) is 10.2 Å². The lowest BCUT2D eigenvalue weighted by Crippen LogP contribution is -2.48. The van der Waals surface area contributed by atoms with Gasteiger partial charge in [-0.05, 0) is 11.8 Å². The molecule has 112 valence electrons. The Kier molecular flexibility index (Phi) is 10.4. The van der Waals surface area contributed by atoms with E-state index in [9.17, 15) is 0 Å². The topological polar surface area (TPSA) is 15.3 Å². The number of likely N-dealkylation sites (N-methyl/N-ethyl adjacent to an activating group) is 1. The van der Waals surface area contributed by atoms with Crippen molar-refractivity contribution in [1.29, 1.82) is 0 Å². The van der Waals surface area contributed by atoms with Crippen LogP contribution in [0.1, 0.15) is 53.4 Å². The Morgan fingerprint density at radius 1 is 1.11 bits per heavy atom. The first-order valence-corrected chi connectivity index (χ1v) is 8.38. The summed E-state index contributed by atoms with van der Waals surface area (Å²) in [7, 11) is 2.03. The summed E-state index contributed by atoms with van der Waals surface area (Å²) in [4.78, 5) is 3.03. The number of hydrogen-bond donors (Lipinski definition) is 1. The van der Waals surface area contributed by atoms with Crippen molar-refractivity contribution < 1.29 is 0 Å². The Hall–Kier alpha value is -0.220. The van der Waals surface area contributed by atoms with Crippen LogP contribution in [0.2, 0.25) is 0 Å². The summed E-state index contributed by atoms with van der Waals surface area (Å²) in [6.45, 7) is 9.90. The standard InChI is InChI=1S/C15H30N2S2/c1-6-12(7-2)10-16-15(19)14(17(5)11-18)13(8-3)9-4/h11-14H,6-10H2,1-5H3,(H,16,19). The highest BCUT2D eigenvalue weighted by atomic mass is 32.1. The molecule has 1 unspecified atom stereocenters. The number of thiocarbonyl (C=S) groups is 2. The maximum Gasteiger partial charge on any atom is 0.0984 e. The number of nitrogens with zero attached hydrogens (tertiary/aromatic N) is 1. The molecule has 0 saturated carbocycles. The van der Waals surface area contributed by atoms with Crippen molar-refractivity contribution in [3.8, 4) is 0 Å². The summed E-state index contributed by atoms with van der Waals surface area (Å²) in [6, 6.07) is 0.233. The van der Waals surface area contributed by atoms with Gasteiger partial charge in [0.1, 0.15) is 0 Å². The average molecular weight is 303 g/mol. The SMILES string of the molecule is CCC(CC)CNC(=S)C(C(CC)CC)N(C)C=S. The Bertz CT molecular complexity index is 261. The molecule has 0 rings (SSSR count). The first-order valence-electron chi connectivity index (χ1n) is 7.50. The molecule has 0 bridgehead atoms. The summed E-state index contributed by atoms with van der Waals surface area (Å²) < 4.78 is 0. The fourth-order valence-electron chi connectivity index (χ4n) is 2.46. The second-order valence-electron chi connectivity index (χ2n) is 5.22. The normalized spacial score (nSPS) is 12.6. The Morgan fingerprint density at radius 3 is 2.00 bits per heavy atom. The van der Waals surface area contributed by atoms with Gasteiger partial charge in [0.15, 0.2) is 0 Å². The van der Waals surface area contributed by atoms with Gasteiger partial charge in [0.25, 0.3) is 0 Å². The van der Waals surface area contributed by atoms with Gasteiger partial charge >= 0.3 is 0 Å². The van der Waals surface area contributed by atoms with Crippen molar-refractivity contribution in [2.45, 2.75) is 59.4 Å². The second-order valence-corrected chi connectivity index (χ2v) is 5.87. The molecule has 1 N–H and O–H groups in total. The molecule has 0 saturated heterocycles. The van der Waals surface area contributed by atoms with Crippen LogP contribution in [-0.2, 0) is 0 Å². The summed E-state index contributed by atoms with van der Waals surface area (Å²) in [6.07, 6.45) is 4.65. The van der Waals surface area contributed by atoms with Crippen LogP contribution in [0.4, 0.5) is 0 Å². The molecule has 0 amide bonds. The maximum atomic E-state index is 5.62. The van der Waals surface area contributed by atoms with E-state index in [-0.39, 0.29) is 6.04 Å². The van der Waals surface area contributed by atoms with E-state index in [0.717, 1.165) is 24.4 Å². The van der Waals surface area contributed by atoms with Gasteiger partial charge in [0, 0.05) is 13.6 Å². The van der Waals surface area contributed by atoms with Gasteiger partial charge in [-0.2, -0.15) is 0 Å². The third-order valence-electron chi connectivity index (χ3n) is 4.09. The Morgan fingerprint density at radius 2 is 1.63 bits per heavy atom. The molecular weight excluding hydrogens is 272 g/mol. The van der Waals surface area contributed by atoms with Gasteiger partial charge in [0.2, 0.25) is 0 Å². The van der Waals surface area contributed by atoms with Gasteiger partial charge < -0.3 is 10.2 Å². The molecule has 0 aliphatic heterocycles. The zero-order chi connectivity index (χ0) is 14.8. The van der Waals surface area contributed by atoms with Crippen LogP contribution in [0, 0.1) is 11.8 Å². The third-order valence-corrected chi connectivity index (χ3v) is 4.81. The van der Waals surface area contributed by atoms with E-state index in [1.165, 1.54) is 12.8 Å². The predicted molar refractivity (Wildman–Crippen MR) is 94.0 cm³/mol. The zero-order valence-electron chi connectivity index (χ0n) is 13.1. The molecule has 2 nitrogen and oxygen atoms in total. The van der Waals surface area contributed by atoms with E-state index in [1.54, 1.807) is 5.49 Å². The highest BCUT2D eigenvalue weighted by molar-refractivity contribution is 7.80. The van der Waals surface area contributed by atoms with E-state index in [2.05, 4.69) is 37.9 Å². The van der Waals surface area contributed by atoms with Crippen LogP contribution in [0.5, 0.6) is 0 Å². The fraction of sp³-hybridized carbons (Fsp3) is 0.867. The molecule has 4 heteroatoms. The maximum absolute atomic E-state index is 5.62. The number of rotatable bonds is 10. The van der Waals surface area contributed by atoms with E-state index in [1.807, 2.05) is 7.05 Å². The molecule has 0 aliphatic rings. The quantitative estimate of drug-likeness (QED) is 0.613. The van der Waals surface area contributed by atoms with E-state index in [4.69, 9.17) is 24.4 Å². The van der Waals surface area contributed by atoms with E-state index >= 15 is 0 Å². The monoisotopic (exact) mass is 302 g/mol. The van der Waals surface area contributed by atoms with Crippen LogP contribution in [0.25, 0.3) is 0 Å². The van der Waals surface area contributed by atoms with Crippen molar-refractivity contribution in [3.05, 3.63) is 0 Å². The van der Waals surface area contributed by atoms with Crippen LogP contribution < -0.4 is 5.32 Å². The summed E-state index contributed by atoms with van der Waals surface area (Å²) in [5.41, 5.74) is 1.72. The van der Waals surface area contributed by atoms with Gasteiger partial charge in [-0.25, -0.2) is 0 Å². The summed E-state index contributed by atoms with van der Waals surface area (Å²) >= 11 is 10.7. The highest BCUT2D eigenvalue weighted by Crippen LogP contribution is 2.18. The first kappa shape index (κ1) is 18.8. The minimum absolute atomic E-state index is 0.233. The second kappa shape index (κ2) is 10.6. The lowest BCUT2D eigenvalue weighted by Gasteiger charge is -2.33. The number of nitrogens with one attached hydrogen (secondary N) is 1. The minimum Gasteiger partial charge on any atom is -0.378 e. The Balaban J connectivity index is 4.67. The molecule has 0 aromatic carbocycles. The van der Waals surface area contributed by atoms with Crippen molar-refractivity contribution in [3.63, 3.8) is 0 Å². The average Bonchev–Trinajstić information content (AvgIpc) is 2.44. The van der Waals surface area contributed by atoms with Crippen LogP contribution in [0.15, 0.2) is 0 Å². The minimum atomic E-state index is 0.233. The Labute approximate surface area is 130 Å². The molecule has 0 aromatic rings. The lowest BCUT2D eigenvalue weighted by molar-refractivity contribution is 0.315. The van der Waals surface area contributed by atoms with Gasteiger partial charge in [-0.3, -0.25) is 0 Å². The molecule has 0 heterocycles. The summed E-state index contributed by atoms with van der Waals surface area (Å²) in [5.74, 6) is 1.27. The van der Waals surface area contributed by atoms with Gasteiger partial charge in [0.05, 0.1) is 16.5 Å². The van der Waals surface area contributed by atoms with Gasteiger partial charge in [-0.15, -0.1) is 0 Å². The molecule has 0 aromatic heterocycles. The molecular formula is C15H30N2S2. The van der Waals surface area contributed by atoms with E-state index < -0.39 is 0 Å². The predicted octanol–water partition coefficient (Wildman–Crippen LogP) is 4.03. The molecule has 0 radical (unpaired) electrons. The molecule has 19 heavy (non-hydrogen) atoms. The lowest BCUT2D eigenvalue weighted by atomic mass is 9.93. The van der Waals surface area contributed by atoms with Crippen LogP contribution in [0.3, 0.4) is 0 Å². The fourth-order valence-corrected chi connectivity index (χ4v) is 3.03. The smallest absolute Gasteiger partial charge is 0.0984 e. The van der Waals surface area contributed by atoms with Crippen molar-refractivity contribution in [2.75, 3.05) is 13.6 Å². The highest BCUT2D eigenvalue weighted by Gasteiger charge is 2.25. The summed E-state index contributed by atoms with van der Waals surface area (Å²) in [5, 5.41) is 3.47. The van der Waals surface area contributed by atoms with Crippen molar-refractivity contribution >= 4 is 34.9 Å². The molecule has 0 aliphatic carbocycles.